The number of hydrogen-bond acceptors (Lipinski definition) is 1. The van der Waals surface area contributed by atoms with Crippen LogP contribution in [-0.2, 0) is 5.41 Å². The van der Waals surface area contributed by atoms with Crippen LogP contribution >= 0.6 is 0 Å². The summed E-state index contributed by atoms with van der Waals surface area (Å²) in [4.78, 5) is 2.45. The summed E-state index contributed by atoms with van der Waals surface area (Å²) in [7, 11) is 0. The standard InChI is InChI=1S/C68H48N2/c1-68(50-23-6-3-7-24-50)63-35-16-12-31-58(63)59-44-41-49(45-64(59)68)47-39-42-51(43-40-47)69(52-25-20-26-53(46-52)70-66-37-18-14-33-61(66)62-34-15-19-38-67(62)70)65-36-17-13-32-60(65)57-30-11-10-29-56(57)55-28-9-8-27-54(55)48-21-4-2-5-22-48/h2-46H,1H3. The van der Waals surface area contributed by atoms with Gasteiger partial charge >= 0.3 is 0 Å². The van der Waals surface area contributed by atoms with Gasteiger partial charge < -0.3 is 9.47 Å². The predicted octanol–water partition coefficient (Wildman–Crippen LogP) is 18.3. The Labute approximate surface area is 409 Å². The molecule has 1 atom stereocenters. The van der Waals surface area contributed by atoms with Crippen molar-refractivity contribution in [1.82, 2.24) is 4.57 Å². The summed E-state index contributed by atoms with van der Waals surface area (Å²) in [6, 6.07) is 100. The first kappa shape index (κ1) is 41.2. The van der Waals surface area contributed by atoms with Gasteiger partial charge in [-0.05, 0) is 128 Å². The van der Waals surface area contributed by atoms with E-state index in [1.54, 1.807) is 0 Å². The Balaban J connectivity index is 0.978. The number of nitrogens with zero attached hydrogens (tertiary/aromatic N) is 2. The maximum atomic E-state index is 2.45. The van der Waals surface area contributed by atoms with Crippen molar-refractivity contribution in [3.63, 3.8) is 0 Å². The normalized spacial score (nSPS) is 13.8. The molecular formula is C68H48N2. The van der Waals surface area contributed by atoms with E-state index in [9.17, 15) is 0 Å². The quantitative estimate of drug-likeness (QED) is 0.140. The molecular weight excluding hydrogens is 845 g/mol. The van der Waals surface area contributed by atoms with E-state index in [0.29, 0.717) is 0 Å². The van der Waals surface area contributed by atoms with E-state index >= 15 is 0 Å². The molecule has 13 rings (SSSR count). The van der Waals surface area contributed by atoms with E-state index in [0.717, 1.165) is 28.3 Å². The largest absolute Gasteiger partial charge is 0.310 e. The number of para-hydroxylation sites is 3. The summed E-state index contributed by atoms with van der Waals surface area (Å²) in [5.74, 6) is 0. The fourth-order valence-electron chi connectivity index (χ4n) is 11.4. The van der Waals surface area contributed by atoms with Gasteiger partial charge in [0.15, 0.2) is 0 Å². The molecule has 0 saturated carbocycles. The number of hydrogen-bond donors (Lipinski definition) is 0. The average Bonchev–Trinajstić information content (AvgIpc) is 3.91. The lowest BCUT2D eigenvalue weighted by Crippen LogP contribution is -2.22. The summed E-state index contributed by atoms with van der Waals surface area (Å²) in [5.41, 5.74) is 22.5. The van der Waals surface area contributed by atoms with Gasteiger partial charge in [0.2, 0.25) is 0 Å². The number of rotatable bonds is 9. The SMILES string of the molecule is CC1(c2ccccc2)c2ccccc2-c2ccc(-c3ccc(N(c4cccc(-n5c6ccccc6c6ccccc65)c4)c4ccccc4-c4ccccc4-c4ccccc4-c4ccccc4)cc3)cc21. The van der Waals surface area contributed by atoms with E-state index in [4.69, 9.17) is 0 Å². The first-order valence-corrected chi connectivity index (χ1v) is 24.3. The Bertz CT molecular complexity index is 3850. The first-order chi connectivity index (χ1) is 34.6. The summed E-state index contributed by atoms with van der Waals surface area (Å²) in [6.45, 7) is 2.39. The summed E-state index contributed by atoms with van der Waals surface area (Å²) >= 11 is 0. The van der Waals surface area contributed by atoms with Crippen molar-refractivity contribution in [1.29, 1.82) is 0 Å². The van der Waals surface area contributed by atoms with E-state index < -0.39 is 0 Å². The molecule has 12 aromatic rings. The predicted molar refractivity (Wildman–Crippen MR) is 295 cm³/mol. The fourth-order valence-corrected chi connectivity index (χ4v) is 11.4. The molecule has 70 heavy (non-hydrogen) atoms. The van der Waals surface area contributed by atoms with Crippen LogP contribution in [0.25, 0.3) is 83.1 Å². The molecule has 0 spiro atoms. The lowest BCUT2D eigenvalue weighted by Gasteiger charge is -2.29. The van der Waals surface area contributed by atoms with Crippen molar-refractivity contribution in [2.75, 3.05) is 4.90 Å². The topological polar surface area (TPSA) is 8.17 Å². The highest BCUT2D eigenvalue weighted by molar-refractivity contribution is 6.09. The molecule has 1 aliphatic rings. The minimum atomic E-state index is -0.275. The molecule has 330 valence electrons. The number of benzene rings is 11. The van der Waals surface area contributed by atoms with E-state index in [-0.39, 0.29) is 5.41 Å². The Morgan fingerprint density at radius 3 is 1.53 bits per heavy atom. The highest BCUT2D eigenvalue weighted by Crippen LogP contribution is 2.53. The second-order valence-corrected chi connectivity index (χ2v) is 18.5. The van der Waals surface area contributed by atoms with Gasteiger partial charge in [-0.1, -0.05) is 218 Å². The van der Waals surface area contributed by atoms with Crippen LogP contribution in [0.3, 0.4) is 0 Å². The minimum absolute atomic E-state index is 0.275. The highest BCUT2D eigenvalue weighted by Gasteiger charge is 2.40. The Morgan fingerprint density at radius 2 is 0.829 bits per heavy atom. The third kappa shape index (κ3) is 6.71. The smallest absolute Gasteiger partial charge is 0.0541 e. The number of fused-ring (bicyclic) bond motifs is 6. The third-order valence-electron chi connectivity index (χ3n) is 14.7. The molecule has 0 fully saturated rings. The molecule has 1 heterocycles. The lowest BCUT2D eigenvalue weighted by molar-refractivity contribution is 0.714. The number of anilines is 3. The molecule has 2 nitrogen and oxygen atoms in total. The lowest BCUT2D eigenvalue weighted by atomic mass is 9.74. The van der Waals surface area contributed by atoms with Crippen molar-refractivity contribution in [3.8, 4) is 61.3 Å². The molecule has 1 aliphatic carbocycles. The van der Waals surface area contributed by atoms with Crippen LogP contribution < -0.4 is 4.90 Å². The maximum Gasteiger partial charge on any atom is 0.0541 e. The molecule has 0 saturated heterocycles. The monoisotopic (exact) mass is 892 g/mol. The summed E-state index contributed by atoms with van der Waals surface area (Å²) in [6.07, 6.45) is 0. The van der Waals surface area contributed by atoms with Crippen molar-refractivity contribution in [2.45, 2.75) is 12.3 Å². The zero-order valence-electron chi connectivity index (χ0n) is 38.9. The van der Waals surface area contributed by atoms with E-state index in [1.165, 1.54) is 88.6 Å². The second-order valence-electron chi connectivity index (χ2n) is 18.5. The van der Waals surface area contributed by atoms with Gasteiger partial charge in [-0.2, -0.15) is 0 Å². The van der Waals surface area contributed by atoms with Gasteiger partial charge in [0.25, 0.3) is 0 Å². The first-order valence-electron chi connectivity index (χ1n) is 24.3. The molecule has 11 aromatic carbocycles. The van der Waals surface area contributed by atoms with Crippen LogP contribution in [-0.4, -0.2) is 4.57 Å². The van der Waals surface area contributed by atoms with E-state index in [2.05, 4.69) is 289 Å². The van der Waals surface area contributed by atoms with Crippen molar-refractivity contribution in [2.24, 2.45) is 0 Å². The molecule has 1 unspecified atom stereocenters. The van der Waals surface area contributed by atoms with Crippen LogP contribution in [0.15, 0.2) is 273 Å². The van der Waals surface area contributed by atoms with Crippen LogP contribution in [0.2, 0.25) is 0 Å². The summed E-state index contributed by atoms with van der Waals surface area (Å²) in [5, 5.41) is 2.49. The fraction of sp³-hybridized carbons (Fsp3) is 0.0294. The van der Waals surface area contributed by atoms with Crippen molar-refractivity contribution in [3.05, 3.63) is 290 Å². The minimum Gasteiger partial charge on any atom is -0.310 e. The zero-order chi connectivity index (χ0) is 46.6. The van der Waals surface area contributed by atoms with Gasteiger partial charge in [-0.3, -0.25) is 0 Å². The third-order valence-corrected chi connectivity index (χ3v) is 14.7. The number of aromatic nitrogens is 1. The van der Waals surface area contributed by atoms with Crippen LogP contribution in [0, 0.1) is 0 Å². The van der Waals surface area contributed by atoms with Crippen molar-refractivity contribution >= 4 is 38.9 Å². The zero-order valence-corrected chi connectivity index (χ0v) is 38.9. The maximum absolute atomic E-state index is 2.45. The Kier molecular flexibility index (Phi) is 9.99. The molecule has 0 bridgehead atoms. The Morgan fingerprint density at radius 1 is 0.314 bits per heavy atom. The van der Waals surface area contributed by atoms with Crippen LogP contribution in [0.1, 0.15) is 23.6 Å². The molecule has 0 aliphatic heterocycles. The van der Waals surface area contributed by atoms with Gasteiger partial charge in [-0.15, -0.1) is 0 Å². The molecule has 0 radical (unpaired) electrons. The summed E-state index contributed by atoms with van der Waals surface area (Å²) < 4.78 is 2.41. The molecule has 0 N–H and O–H groups in total. The van der Waals surface area contributed by atoms with Gasteiger partial charge in [0.1, 0.15) is 0 Å². The molecule has 2 heteroatoms. The second kappa shape index (κ2) is 17.0. The molecule has 0 amide bonds. The Hall–Kier alpha value is -8.98. The van der Waals surface area contributed by atoms with Crippen LogP contribution in [0.4, 0.5) is 17.1 Å². The van der Waals surface area contributed by atoms with Gasteiger partial charge in [-0.25, -0.2) is 0 Å². The molecule has 1 aromatic heterocycles. The van der Waals surface area contributed by atoms with Gasteiger partial charge in [0.05, 0.1) is 16.7 Å². The van der Waals surface area contributed by atoms with Crippen molar-refractivity contribution < 1.29 is 0 Å². The van der Waals surface area contributed by atoms with Gasteiger partial charge in [0, 0.05) is 38.8 Å². The highest BCUT2D eigenvalue weighted by atomic mass is 15.1. The van der Waals surface area contributed by atoms with E-state index in [1.807, 2.05) is 0 Å². The average molecular weight is 893 g/mol. The van der Waals surface area contributed by atoms with Crippen LogP contribution in [0.5, 0.6) is 0 Å².